The molecule has 1 rings (SSSR count). The lowest BCUT2D eigenvalue weighted by Crippen LogP contribution is -2.49. The van der Waals surface area contributed by atoms with Crippen LogP contribution in [0, 0.1) is 5.92 Å². The van der Waals surface area contributed by atoms with Gasteiger partial charge >= 0.3 is 0 Å². The molecule has 24 heavy (non-hydrogen) atoms. The molecule has 1 N–H and O–H groups in total. The number of hydrogen-bond acceptors (Lipinski definition) is 2. The van der Waals surface area contributed by atoms with Crippen molar-refractivity contribution in [2.75, 3.05) is 6.54 Å². The van der Waals surface area contributed by atoms with Gasteiger partial charge in [0, 0.05) is 19.5 Å². The van der Waals surface area contributed by atoms with E-state index in [1.807, 2.05) is 26.8 Å². The third-order valence-corrected chi connectivity index (χ3v) is 4.45. The zero-order valence-corrected chi connectivity index (χ0v) is 16.2. The Kier molecular flexibility index (Phi) is 8.57. The van der Waals surface area contributed by atoms with Crippen LogP contribution in [-0.4, -0.2) is 29.3 Å². The lowest BCUT2D eigenvalue weighted by atomic mass is 10.1. The zero-order chi connectivity index (χ0) is 18.3. The van der Waals surface area contributed by atoms with E-state index in [1.54, 1.807) is 24.0 Å². The van der Waals surface area contributed by atoms with Crippen LogP contribution in [0.3, 0.4) is 0 Å². The summed E-state index contributed by atoms with van der Waals surface area (Å²) in [7, 11) is 0. The molecule has 1 aromatic rings. The molecule has 0 unspecified atom stereocenters. The Bertz CT molecular complexity index is 576. The Morgan fingerprint density at radius 1 is 1.17 bits per heavy atom. The molecule has 0 radical (unpaired) electrons. The van der Waals surface area contributed by atoms with E-state index in [2.05, 4.69) is 5.32 Å². The van der Waals surface area contributed by atoms with Gasteiger partial charge in [-0.15, -0.1) is 0 Å². The summed E-state index contributed by atoms with van der Waals surface area (Å²) in [4.78, 5) is 26.5. The van der Waals surface area contributed by atoms with Crippen molar-refractivity contribution >= 4 is 35.0 Å². The largest absolute Gasteiger partial charge is 0.354 e. The van der Waals surface area contributed by atoms with Crippen LogP contribution in [0.25, 0.3) is 0 Å². The fourth-order valence-electron chi connectivity index (χ4n) is 2.38. The average molecular weight is 373 g/mol. The number of amides is 2. The van der Waals surface area contributed by atoms with Gasteiger partial charge in [0.05, 0.1) is 10.0 Å². The molecule has 4 nitrogen and oxygen atoms in total. The predicted molar refractivity (Wildman–Crippen MR) is 99.2 cm³/mol. The second-order valence-corrected chi connectivity index (χ2v) is 7.00. The van der Waals surface area contributed by atoms with Crippen molar-refractivity contribution in [2.45, 2.75) is 53.1 Å². The Morgan fingerprint density at radius 2 is 1.83 bits per heavy atom. The summed E-state index contributed by atoms with van der Waals surface area (Å²) < 4.78 is 0. The van der Waals surface area contributed by atoms with E-state index >= 15 is 0 Å². The molecule has 0 aliphatic heterocycles. The first-order chi connectivity index (χ1) is 11.3. The fourth-order valence-corrected chi connectivity index (χ4v) is 2.70. The van der Waals surface area contributed by atoms with Gasteiger partial charge in [-0.2, -0.15) is 0 Å². The minimum atomic E-state index is -0.495. The van der Waals surface area contributed by atoms with E-state index in [1.165, 1.54) is 0 Å². The van der Waals surface area contributed by atoms with Crippen molar-refractivity contribution in [3.8, 4) is 0 Å². The maximum Gasteiger partial charge on any atom is 0.242 e. The van der Waals surface area contributed by atoms with Gasteiger partial charge in [0.2, 0.25) is 11.8 Å². The molecule has 0 aliphatic carbocycles. The van der Waals surface area contributed by atoms with Crippen LogP contribution in [-0.2, 0) is 16.1 Å². The van der Waals surface area contributed by atoms with Crippen LogP contribution in [0.4, 0.5) is 0 Å². The van der Waals surface area contributed by atoms with Crippen molar-refractivity contribution in [3.63, 3.8) is 0 Å². The molecule has 0 spiro atoms. The Hall–Kier alpha value is -1.26. The van der Waals surface area contributed by atoms with Gasteiger partial charge in [-0.05, 0) is 30.0 Å². The summed E-state index contributed by atoms with van der Waals surface area (Å²) in [5.74, 6) is 0.178. The fraction of sp³-hybridized carbons (Fsp3) is 0.556. The smallest absolute Gasteiger partial charge is 0.242 e. The molecule has 0 saturated carbocycles. The highest BCUT2D eigenvalue weighted by Gasteiger charge is 2.27. The number of hydrogen-bond donors (Lipinski definition) is 1. The monoisotopic (exact) mass is 372 g/mol. The normalized spacial score (nSPS) is 12.1. The maximum absolute atomic E-state index is 12.5. The number of halogens is 2. The van der Waals surface area contributed by atoms with Gasteiger partial charge < -0.3 is 10.2 Å². The van der Waals surface area contributed by atoms with E-state index in [9.17, 15) is 9.59 Å². The molecule has 1 atom stereocenters. The standard InChI is InChI=1S/C18H26Cl2N2O2/c1-5-16(18(24)21-10-12(3)4)22(17(23)6-2)11-13-7-8-14(19)15(20)9-13/h7-9,12,16H,5-6,10-11H2,1-4H3,(H,21,24)/t16-/m1/s1. The minimum absolute atomic E-state index is 0.0624. The lowest BCUT2D eigenvalue weighted by Gasteiger charge is -2.30. The lowest BCUT2D eigenvalue weighted by molar-refractivity contribution is -0.141. The third-order valence-electron chi connectivity index (χ3n) is 3.71. The molecular formula is C18H26Cl2N2O2. The van der Waals surface area contributed by atoms with Crippen LogP contribution in [0.2, 0.25) is 10.0 Å². The molecule has 0 heterocycles. The average Bonchev–Trinajstić information content (AvgIpc) is 2.55. The second-order valence-electron chi connectivity index (χ2n) is 6.19. The van der Waals surface area contributed by atoms with Gasteiger partial charge in [-0.25, -0.2) is 0 Å². The van der Waals surface area contributed by atoms with Crippen LogP contribution >= 0.6 is 23.2 Å². The van der Waals surface area contributed by atoms with Crippen molar-refractivity contribution < 1.29 is 9.59 Å². The molecule has 134 valence electrons. The minimum Gasteiger partial charge on any atom is -0.354 e. The van der Waals surface area contributed by atoms with Crippen molar-refractivity contribution in [1.29, 1.82) is 0 Å². The topological polar surface area (TPSA) is 49.4 Å². The first-order valence-corrected chi connectivity index (χ1v) is 9.06. The molecule has 2 amide bonds. The van der Waals surface area contributed by atoms with Crippen LogP contribution in [0.15, 0.2) is 18.2 Å². The van der Waals surface area contributed by atoms with Gasteiger partial charge in [0.25, 0.3) is 0 Å². The molecule has 0 aliphatic rings. The number of carbonyl (C=O) groups excluding carboxylic acids is 2. The molecular weight excluding hydrogens is 347 g/mol. The van der Waals surface area contributed by atoms with Gasteiger partial charge in [0.1, 0.15) is 6.04 Å². The van der Waals surface area contributed by atoms with Gasteiger partial charge in [0.15, 0.2) is 0 Å². The van der Waals surface area contributed by atoms with E-state index in [-0.39, 0.29) is 11.8 Å². The highest BCUT2D eigenvalue weighted by atomic mass is 35.5. The SMILES string of the molecule is CCC(=O)N(Cc1ccc(Cl)c(Cl)c1)[C@H](CC)C(=O)NCC(C)C. The second kappa shape index (κ2) is 9.90. The summed E-state index contributed by atoms with van der Waals surface area (Å²) in [6.07, 6.45) is 0.895. The molecule has 0 aromatic heterocycles. The highest BCUT2D eigenvalue weighted by Crippen LogP contribution is 2.24. The molecule has 0 fully saturated rings. The molecule has 6 heteroatoms. The number of benzene rings is 1. The maximum atomic E-state index is 12.5. The van der Waals surface area contributed by atoms with Gasteiger partial charge in [-0.3, -0.25) is 9.59 Å². The Morgan fingerprint density at radius 3 is 2.33 bits per heavy atom. The van der Waals surface area contributed by atoms with Crippen molar-refractivity contribution in [2.24, 2.45) is 5.92 Å². The number of carbonyl (C=O) groups is 2. The zero-order valence-electron chi connectivity index (χ0n) is 14.7. The Balaban J connectivity index is 2.98. The number of rotatable bonds is 8. The quantitative estimate of drug-likeness (QED) is 0.739. The van der Waals surface area contributed by atoms with Crippen molar-refractivity contribution in [3.05, 3.63) is 33.8 Å². The van der Waals surface area contributed by atoms with Crippen LogP contribution < -0.4 is 5.32 Å². The van der Waals surface area contributed by atoms with Crippen LogP contribution in [0.1, 0.15) is 46.1 Å². The molecule has 0 saturated heterocycles. The van der Waals surface area contributed by atoms with Crippen LogP contribution in [0.5, 0.6) is 0 Å². The number of nitrogens with one attached hydrogen (secondary N) is 1. The number of nitrogens with zero attached hydrogens (tertiary/aromatic N) is 1. The Labute approximate surface area is 154 Å². The highest BCUT2D eigenvalue weighted by molar-refractivity contribution is 6.42. The first-order valence-electron chi connectivity index (χ1n) is 8.31. The summed E-state index contributed by atoms with van der Waals surface area (Å²) in [5.41, 5.74) is 0.848. The van der Waals surface area contributed by atoms with Crippen molar-refractivity contribution in [1.82, 2.24) is 10.2 Å². The summed E-state index contributed by atoms with van der Waals surface area (Å²) >= 11 is 12.0. The van der Waals surface area contributed by atoms with E-state index in [0.29, 0.717) is 41.9 Å². The first kappa shape index (κ1) is 20.8. The van der Waals surface area contributed by atoms with E-state index in [0.717, 1.165) is 5.56 Å². The summed E-state index contributed by atoms with van der Waals surface area (Å²) in [6, 6.07) is 4.76. The van der Waals surface area contributed by atoms with E-state index in [4.69, 9.17) is 23.2 Å². The summed E-state index contributed by atoms with van der Waals surface area (Å²) in [5, 5.41) is 3.83. The molecule has 1 aromatic carbocycles. The van der Waals surface area contributed by atoms with Gasteiger partial charge in [-0.1, -0.05) is 57.0 Å². The van der Waals surface area contributed by atoms with E-state index < -0.39 is 6.04 Å². The third kappa shape index (κ3) is 5.99. The molecule has 0 bridgehead atoms. The summed E-state index contributed by atoms with van der Waals surface area (Å²) in [6.45, 7) is 8.69. The predicted octanol–water partition coefficient (Wildman–Crippen LogP) is 4.28.